The lowest BCUT2D eigenvalue weighted by Crippen LogP contribution is -2.20. The number of ether oxygens (including phenoxy) is 2. The fourth-order valence-corrected chi connectivity index (χ4v) is 4.69. The molecule has 0 spiro atoms. The summed E-state index contributed by atoms with van der Waals surface area (Å²) in [5.74, 6) is 0.524. The number of nitrogens with zero attached hydrogens (tertiary/aromatic N) is 5. The molecular formula is C26H33N7O3. The molecule has 10 heteroatoms. The molecular weight excluding hydrogens is 458 g/mol. The number of carbonyl (C=O) groups excluding carboxylic acids is 1. The molecule has 0 radical (unpaired) electrons. The first-order valence-electron chi connectivity index (χ1n) is 12.5. The zero-order valence-corrected chi connectivity index (χ0v) is 21.0. The van der Waals surface area contributed by atoms with Gasteiger partial charge in [-0.25, -0.2) is 9.97 Å². The van der Waals surface area contributed by atoms with Crippen LogP contribution < -0.4 is 10.6 Å². The van der Waals surface area contributed by atoms with Gasteiger partial charge in [0.15, 0.2) is 5.65 Å². The van der Waals surface area contributed by atoms with Crippen LogP contribution in [0.5, 0.6) is 0 Å². The van der Waals surface area contributed by atoms with Gasteiger partial charge >= 0.3 is 0 Å². The Labute approximate surface area is 210 Å². The zero-order chi connectivity index (χ0) is 25.1. The molecule has 1 aliphatic carbocycles. The molecule has 1 saturated carbocycles. The van der Waals surface area contributed by atoms with Crippen LogP contribution in [0, 0.1) is 0 Å². The van der Waals surface area contributed by atoms with E-state index in [1.54, 1.807) is 18.7 Å². The van der Waals surface area contributed by atoms with Crippen molar-refractivity contribution in [3.63, 3.8) is 0 Å². The van der Waals surface area contributed by atoms with Gasteiger partial charge in [-0.05, 0) is 44.2 Å². The van der Waals surface area contributed by atoms with Crippen molar-refractivity contribution in [2.75, 3.05) is 39.7 Å². The van der Waals surface area contributed by atoms with Crippen LogP contribution in [0.3, 0.4) is 0 Å². The van der Waals surface area contributed by atoms with Crippen molar-refractivity contribution in [1.29, 1.82) is 0 Å². The average molecular weight is 492 g/mol. The average Bonchev–Trinajstić information content (AvgIpc) is 3.50. The van der Waals surface area contributed by atoms with Crippen molar-refractivity contribution < 1.29 is 14.3 Å². The molecule has 2 N–H and O–H groups in total. The fourth-order valence-electron chi connectivity index (χ4n) is 4.69. The van der Waals surface area contributed by atoms with Gasteiger partial charge in [0.2, 0.25) is 0 Å². The third kappa shape index (κ3) is 4.54. The Morgan fingerprint density at radius 1 is 1.19 bits per heavy atom. The molecule has 1 atom stereocenters. The highest BCUT2D eigenvalue weighted by Gasteiger charge is 2.23. The maximum Gasteiger partial charge on any atom is 0.256 e. The number of pyridine rings is 1. The van der Waals surface area contributed by atoms with Gasteiger partial charge in [0.05, 0.1) is 30.6 Å². The van der Waals surface area contributed by atoms with Gasteiger partial charge in [0.1, 0.15) is 17.0 Å². The first kappa shape index (κ1) is 24.2. The van der Waals surface area contributed by atoms with Gasteiger partial charge in [0.25, 0.3) is 5.91 Å². The van der Waals surface area contributed by atoms with Crippen LogP contribution in [0.2, 0.25) is 0 Å². The van der Waals surface area contributed by atoms with Crippen molar-refractivity contribution in [1.82, 2.24) is 29.5 Å². The molecule has 2 fully saturated rings. The Balaban J connectivity index is 0.000000391. The van der Waals surface area contributed by atoms with E-state index in [9.17, 15) is 4.79 Å². The van der Waals surface area contributed by atoms with E-state index in [4.69, 9.17) is 14.5 Å². The maximum atomic E-state index is 12.3. The van der Waals surface area contributed by atoms with E-state index in [1.165, 1.54) is 25.5 Å². The van der Waals surface area contributed by atoms with Gasteiger partial charge < -0.3 is 24.7 Å². The van der Waals surface area contributed by atoms with Crippen LogP contribution in [-0.4, -0.2) is 70.6 Å². The van der Waals surface area contributed by atoms with Crippen molar-refractivity contribution in [3.8, 4) is 11.3 Å². The number of hydrogen-bond acceptors (Lipinski definition) is 7. The number of fused-ring (bicyclic) bond motifs is 2. The summed E-state index contributed by atoms with van der Waals surface area (Å²) in [6.07, 6.45) is 12.1. The quantitative estimate of drug-likeness (QED) is 0.438. The smallest absolute Gasteiger partial charge is 0.256 e. The van der Waals surface area contributed by atoms with Crippen LogP contribution in [0.1, 0.15) is 48.5 Å². The maximum absolute atomic E-state index is 12.3. The van der Waals surface area contributed by atoms with E-state index in [0.29, 0.717) is 23.9 Å². The number of carbonyl (C=O) groups is 1. The predicted octanol–water partition coefficient (Wildman–Crippen LogP) is 3.68. The molecule has 5 heterocycles. The lowest BCUT2D eigenvalue weighted by atomic mass is 9.96. The minimum atomic E-state index is -0.222. The summed E-state index contributed by atoms with van der Waals surface area (Å²) >= 11 is 0. The summed E-state index contributed by atoms with van der Waals surface area (Å²) < 4.78 is 14.5. The largest absolute Gasteiger partial charge is 0.381 e. The number of hydrogen-bond donors (Lipinski definition) is 2. The normalized spacial score (nSPS) is 17.9. The predicted molar refractivity (Wildman–Crippen MR) is 138 cm³/mol. The third-order valence-corrected chi connectivity index (χ3v) is 6.98. The van der Waals surface area contributed by atoms with Crippen molar-refractivity contribution in [3.05, 3.63) is 42.4 Å². The summed E-state index contributed by atoms with van der Waals surface area (Å²) in [6.45, 7) is 1.49. The van der Waals surface area contributed by atoms with Gasteiger partial charge in [-0.1, -0.05) is 0 Å². The summed E-state index contributed by atoms with van der Waals surface area (Å²) in [6, 6.07) is 6.17. The van der Waals surface area contributed by atoms with Crippen LogP contribution in [0.25, 0.3) is 27.9 Å². The second kappa shape index (κ2) is 10.6. The second-order valence-corrected chi connectivity index (χ2v) is 9.13. The number of methoxy groups -OCH3 is 1. The molecule has 1 unspecified atom stereocenters. The number of nitrogens with one attached hydrogen (secondary N) is 2. The topological polar surface area (TPSA) is 108 Å². The molecule has 4 aromatic rings. The molecule has 10 nitrogen and oxygen atoms in total. The number of anilines is 1. The van der Waals surface area contributed by atoms with Crippen molar-refractivity contribution >= 4 is 28.4 Å². The minimum absolute atomic E-state index is 0.222. The van der Waals surface area contributed by atoms with Crippen molar-refractivity contribution in [2.45, 2.75) is 44.2 Å². The Hall–Kier alpha value is -3.50. The number of aromatic nitrogens is 5. The van der Waals surface area contributed by atoms with Crippen LogP contribution in [-0.2, 0) is 9.47 Å². The minimum Gasteiger partial charge on any atom is -0.381 e. The monoisotopic (exact) mass is 491 g/mol. The van der Waals surface area contributed by atoms with Crippen LogP contribution >= 0.6 is 0 Å². The lowest BCUT2D eigenvalue weighted by Gasteiger charge is -2.24. The summed E-state index contributed by atoms with van der Waals surface area (Å²) in [5.41, 5.74) is 3.56. The van der Waals surface area contributed by atoms with Gasteiger partial charge in [-0.15, -0.1) is 0 Å². The highest BCUT2D eigenvalue weighted by atomic mass is 16.5. The van der Waals surface area contributed by atoms with E-state index in [-0.39, 0.29) is 11.9 Å². The highest BCUT2D eigenvalue weighted by molar-refractivity contribution is 6.00. The molecule has 1 aliphatic heterocycles. The van der Waals surface area contributed by atoms with E-state index < -0.39 is 0 Å². The molecule has 6 rings (SSSR count). The van der Waals surface area contributed by atoms with E-state index in [1.807, 2.05) is 25.4 Å². The summed E-state index contributed by atoms with van der Waals surface area (Å²) in [4.78, 5) is 21.8. The fraction of sp³-hybridized carbons (Fsp3) is 0.462. The SMILES string of the molecule is CNC(=O)c1cnn2c(NC)cc(-c3cn(C4CCCOC4)c4ncccc34)nc12.COC1CCC1. The standard InChI is InChI=1S/C21H23N7O2.C5H10O/c1-22-18-9-17(26-20-15(21(29)23-2)10-25-28(18)20)16-11-27(13-5-4-8-30-12-13)19-14(16)6-3-7-24-19;1-6-5-3-2-4-5/h3,6-7,9-11,13,22H,4-5,8,12H2,1-2H3,(H,23,29);5H,2-4H2,1H3. The van der Waals surface area contributed by atoms with Gasteiger partial charge in [-0.2, -0.15) is 9.61 Å². The molecule has 0 aromatic carbocycles. The third-order valence-electron chi connectivity index (χ3n) is 6.98. The van der Waals surface area contributed by atoms with Crippen LogP contribution in [0.15, 0.2) is 36.8 Å². The first-order valence-corrected chi connectivity index (χ1v) is 12.5. The molecule has 4 aromatic heterocycles. The van der Waals surface area contributed by atoms with E-state index >= 15 is 0 Å². The van der Waals surface area contributed by atoms with Crippen LogP contribution in [0.4, 0.5) is 5.82 Å². The zero-order valence-electron chi connectivity index (χ0n) is 21.0. The number of amides is 1. The van der Waals surface area contributed by atoms with E-state index in [2.05, 4.69) is 37.5 Å². The Bertz CT molecular complexity index is 1350. The molecule has 0 bridgehead atoms. The lowest BCUT2D eigenvalue weighted by molar-refractivity contribution is 0.0412. The van der Waals surface area contributed by atoms with Gasteiger partial charge in [-0.3, -0.25) is 4.79 Å². The summed E-state index contributed by atoms with van der Waals surface area (Å²) in [5, 5.41) is 11.2. The Morgan fingerprint density at radius 2 is 2.06 bits per heavy atom. The molecule has 36 heavy (non-hydrogen) atoms. The second-order valence-electron chi connectivity index (χ2n) is 9.13. The summed E-state index contributed by atoms with van der Waals surface area (Å²) in [7, 11) is 5.20. The highest BCUT2D eigenvalue weighted by Crippen LogP contribution is 2.34. The Kier molecular flexibility index (Phi) is 7.15. The van der Waals surface area contributed by atoms with Gasteiger partial charge in [0, 0.05) is 57.2 Å². The Morgan fingerprint density at radius 3 is 2.69 bits per heavy atom. The molecule has 190 valence electrons. The first-order chi connectivity index (χ1) is 17.6. The molecule has 2 aliphatic rings. The molecule has 1 amide bonds. The number of rotatable bonds is 5. The van der Waals surface area contributed by atoms with E-state index in [0.717, 1.165) is 47.6 Å². The van der Waals surface area contributed by atoms with Crippen molar-refractivity contribution in [2.24, 2.45) is 0 Å². The molecule has 1 saturated heterocycles.